The van der Waals surface area contributed by atoms with Crippen LogP contribution in [0.4, 0.5) is 0 Å². The molecular weight excluding hydrogens is 260 g/mol. The molecular formula is C18H30N2O. The summed E-state index contributed by atoms with van der Waals surface area (Å²) in [5, 5.41) is 13.1. The first-order valence-corrected chi connectivity index (χ1v) is 8.15. The van der Waals surface area contributed by atoms with Gasteiger partial charge in [0.25, 0.3) is 0 Å². The quantitative estimate of drug-likeness (QED) is 0.845. The molecule has 2 N–H and O–H groups in total. The first-order valence-electron chi connectivity index (χ1n) is 8.15. The summed E-state index contributed by atoms with van der Waals surface area (Å²) in [6.07, 6.45) is 3.63. The third-order valence-electron chi connectivity index (χ3n) is 4.77. The Balaban J connectivity index is 2.11. The summed E-state index contributed by atoms with van der Waals surface area (Å²) in [5.74, 6) is 0. The minimum Gasteiger partial charge on any atom is -0.395 e. The van der Waals surface area contributed by atoms with Crippen molar-refractivity contribution in [3.63, 3.8) is 0 Å². The average Bonchev–Trinajstić information content (AvgIpc) is 2.49. The highest BCUT2D eigenvalue weighted by Gasteiger charge is 2.34. The lowest BCUT2D eigenvalue weighted by atomic mass is 9.79. The van der Waals surface area contributed by atoms with Gasteiger partial charge < -0.3 is 10.4 Å². The maximum Gasteiger partial charge on any atom is 0.0586 e. The Morgan fingerprint density at radius 1 is 1.29 bits per heavy atom. The minimum absolute atomic E-state index is 0.112. The number of aliphatic hydroxyl groups excluding tert-OH is 1. The predicted molar refractivity (Wildman–Crippen MR) is 88.3 cm³/mol. The van der Waals surface area contributed by atoms with Gasteiger partial charge in [0, 0.05) is 18.6 Å². The minimum atomic E-state index is 0.112. The SMILES string of the molecule is CNC(c1ccccc1)C(C)(C)CN1CCCCC1CO. The molecule has 0 aromatic heterocycles. The van der Waals surface area contributed by atoms with Gasteiger partial charge in [0.2, 0.25) is 0 Å². The van der Waals surface area contributed by atoms with E-state index in [1.165, 1.54) is 18.4 Å². The Bertz CT molecular complexity index is 418. The predicted octanol–water partition coefficient (Wildman–Crippen LogP) is 2.82. The van der Waals surface area contributed by atoms with Crippen molar-refractivity contribution in [1.29, 1.82) is 0 Å². The summed E-state index contributed by atoms with van der Waals surface area (Å²) in [7, 11) is 2.04. The van der Waals surface area contributed by atoms with Crippen molar-refractivity contribution in [1.82, 2.24) is 10.2 Å². The number of nitrogens with one attached hydrogen (secondary N) is 1. The van der Waals surface area contributed by atoms with E-state index in [0.717, 1.165) is 19.5 Å². The summed E-state index contributed by atoms with van der Waals surface area (Å²) in [6.45, 7) is 7.05. The molecule has 3 nitrogen and oxygen atoms in total. The van der Waals surface area contributed by atoms with Gasteiger partial charge in [-0.3, -0.25) is 4.90 Å². The Kier molecular flexibility index (Phi) is 5.80. The lowest BCUT2D eigenvalue weighted by molar-refractivity contribution is 0.0457. The molecule has 0 saturated carbocycles. The zero-order valence-corrected chi connectivity index (χ0v) is 13.7. The van der Waals surface area contributed by atoms with Gasteiger partial charge in [-0.2, -0.15) is 0 Å². The van der Waals surface area contributed by atoms with Crippen molar-refractivity contribution >= 4 is 0 Å². The fraction of sp³-hybridized carbons (Fsp3) is 0.667. The molecule has 1 heterocycles. The molecule has 0 bridgehead atoms. The van der Waals surface area contributed by atoms with Crippen molar-refractivity contribution in [3.8, 4) is 0 Å². The molecule has 1 aliphatic rings. The first kappa shape index (κ1) is 16.5. The summed E-state index contributed by atoms with van der Waals surface area (Å²) >= 11 is 0. The molecule has 118 valence electrons. The van der Waals surface area contributed by atoms with Crippen LogP contribution < -0.4 is 5.32 Å². The van der Waals surface area contributed by atoms with Crippen molar-refractivity contribution in [2.75, 3.05) is 26.7 Å². The fourth-order valence-corrected chi connectivity index (χ4v) is 3.74. The maximum absolute atomic E-state index is 9.61. The Labute approximate surface area is 129 Å². The molecule has 1 fully saturated rings. The van der Waals surface area contributed by atoms with Crippen LogP contribution in [-0.2, 0) is 0 Å². The van der Waals surface area contributed by atoms with E-state index >= 15 is 0 Å². The number of rotatable bonds is 6. The van der Waals surface area contributed by atoms with E-state index in [1.807, 2.05) is 7.05 Å². The molecule has 0 radical (unpaired) electrons. The molecule has 2 rings (SSSR count). The van der Waals surface area contributed by atoms with Crippen molar-refractivity contribution in [2.24, 2.45) is 5.41 Å². The molecule has 1 aliphatic heterocycles. The topological polar surface area (TPSA) is 35.5 Å². The lowest BCUT2D eigenvalue weighted by Gasteiger charge is -2.43. The molecule has 1 aromatic rings. The van der Waals surface area contributed by atoms with Gasteiger partial charge in [-0.15, -0.1) is 0 Å². The summed E-state index contributed by atoms with van der Waals surface area (Å²) < 4.78 is 0. The van der Waals surface area contributed by atoms with Crippen molar-refractivity contribution < 1.29 is 5.11 Å². The molecule has 2 atom stereocenters. The van der Waals surface area contributed by atoms with Crippen LogP contribution in [0.3, 0.4) is 0 Å². The van der Waals surface area contributed by atoms with Crippen LogP contribution in [0.2, 0.25) is 0 Å². The second-order valence-electron chi connectivity index (χ2n) is 6.92. The van der Waals surface area contributed by atoms with Gasteiger partial charge in [-0.25, -0.2) is 0 Å². The zero-order chi connectivity index (χ0) is 15.3. The van der Waals surface area contributed by atoms with Gasteiger partial charge in [0.1, 0.15) is 0 Å². The van der Waals surface area contributed by atoms with E-state index < -0.39 is 0 Å². The second kappa shape index (κ2) is 7.39. The van der Waals surface area contributed by atoms with E-state index in [1.54, 1.807) is 0 Å². The van der Waals surface area contributed by atoms with Crippen LogP contribution in [-0.4, -0.2) is 42.8 Å². The van der Waals surface area contributed by atoms with Crippen LogP contribution >= 0.6 is 0 Å². The van der Waals surface area contributed by atoms with E-state index in [0.29, 0.717) is 12.1 Å². The summed E-state index contributed by atoms with van der Waals surface area (Å²) in [5.41, 5.74) is 1.45. The third-order valence-corrected chi connectivity index (χ3v) is 4.77. The monoisotopic (exact) mass is 290 g/mol. The standard InChI is InChI=1S/C18H30N2O/c1-18(2,14-20-12-8-7-11-16(20)13-21)17(19-3)15-9-5-4-6-10-15/h4-6,9-10,16-17,19,21H,7-8,11-14H2,1-3H3. The van der Waals surface area contributed by atoms with Crippen molar-refractivity contribution in [3.05, 3.63) is 35.9 Å². The van der Waals surface area contributed by atoms with E-state index in [9.17, 15) is 5.11 Å². The highest BCUT2D eigenvalue weighted by Crippen LogP contribution is 2.35. The van der Waals surface area contributed by atoms with Crippen LogP contribution in [0.15, 0.2) is 30.3 Å². The second-order valence-corrected chi connectivity index (χ2v) is 6.92. The number of likely N-dealkylation sites (tertiary alicyclic amines) is 1. The van der Waals surface area contributed by atoms with Crippen molar-refractivity contribution in [2.45, 2.75) is 45.2 Å². The Morgan fingerprint density at radius 2 is 2.00 bits per heavy atom. The highest BCUT2D eigenvalue weighted by atomic mass is 16.3. The Hall–Kier alpha value is -0.900. The average molecular weight is 290 g/mol. The van der Waals surface area contributed by atoms with Crippen LogP contribution in [0, 0.1) is 5.41 Å². The molecule has 21 heavy (non-hydrogen) atoms. The summed E-state index contributed by atoms with van der Waals surface area (Å²) in [4.78, 5) is 2.48. The summed E-state index contributed by atoms with van der Waals surface area (Å²) in [6, 6.07) is 11.3. The Morgan fingerprint density at radius 3 is 2.62 bits per heavy atom. The van der Waals surface area contributed by atoms with Gasteiger partial charge in [-0.1, -0.05) is 50.6 Å². The number of piperidine rings is 1. The number of nitrogens with zero attached hydrogens (tertiary/aromatic N) is 1. The number of benzene rings is 1. The van der Waals surface area contributed by atoms with E-state index in [-0.39, 0.29) is 12.0 Å². The van der Waals surface area contributed by atoms with Gasteiger partial charge in [0.15, 0.2) is 0 Å². The number of hydrogen-bond acceptors (Lipinski definition) is 3. The van der Waals surface area contributed by atoms with Gasteiger partial charge >= 0.3 is 0 Å². The first-order chi connectivity index (χ1) is 10.1. The molecule has 1 saturated heterocycles. The van der Waals surface area contributed by atoms with E-state index in [4.69, 9.17) is 0 Å². The fourth-order valence-electron chi connectivity index (χ4n) is 3.74. The normalized spacial score (nSPS) is 22.2. The lowest BCUT2D eigenvalue weighted by Crippen LogP contribution is -2.49. The number of aliphatic hydroxyl groups is 1. The van der Waals surface area contributed by atoms with Gasteiger partial charge in [-0.05, 0) is 37.4 Å². The third kappa shape index (κ3) is 4.06. The van der Waals surface area contributed by atoms with Gasteiger partial charge in [0.05, 0.1) is 6.61 Å². The van der Waals surface area contributed by atoms with Crippen LogP contribution in [0.25, 0.3) is 0 Å². The molecule has 0 spiro atoms. The molecule has 0 aliphatic carbocycles. The molecule has 1 aromatic carbocycles. The number of hydrogen-bond donors (Lipinski definition) is 2. The largest absolute Gasteiger partial charge is 0.395 e. The molecule has 2 unspecified atom stereocenters. The maximum atomic E-state index is 9.61. The zero-order valence-electron chi connectivity index (χ0n) is 13.7. The van der Waals surface area contributed by atoms with Crippen LogP contribution in [0.5, 0.6) is 0 Å². The smallest absolute Gasteiger partial charge is 0.0586 e. The molecule has 3 heteroatoms. The molecule has 0 amide bonds. The van der Waals surface area contributed by atoms with Crippen LogP contribution in [0.1, 0.15) is 44.7 Å². The van der Waals surface area contributed by atoms with E-state index in [2.05, 4.69) is 54.4 Å². The highest BCUT2D eigenvalue weighted by molar-refractivity contribution is 5.21.